The molecule has 27 heavy (non-hydrogen) atoms. The largest absolute Gasteiger partial charge is 0.469 e. The third-order valence-electron chi connectivity index (χ3n) is 3.85. The number of benzene rings is 1. The molecular weight excluding hydrogens is 358 g/mol. The first-order chi connectivity index (χ1) is 12.8. The highest BCUT2D eigenvalue weighted by Gasteiger charge is 2.38. The van der Waals surface area contributed by atoms with Crippen molar-refractivity contribution in [1.29, 1.82) is 5.26 Å². The van der Waals surface area contributed by atoms with Gasteiger partial charge in [0.25, 0.3) is 5.69 Å². The first kappa shape index (κ1) is 19.5. The van der Waals surface area contributed by atoms with E-state index in [9.17, 15) is 25.0 Å². The van der Waals surface area contributed by atoms with Gasteiger partial charge >= 0.3 is 11.9 Å². The summed E-state index contributed by atoms with van der Waals surface area (Å²) in [6.07, 6.45) is -0.439. The summed E-state index contributed by atoms with van der Waals surface area (Å²) in [6.45, 7) is 0. The number of allylic oxidation sites excluding steroid dienone is 1. The summed E-state index contributed by atoms with van der Waals surface area (Å²) >= 11 is 0. The highest BCUT2D eigenvalue weighted by atomic mass is 16.6. The minimum Gasteiger partial charge on any atom is -0.469 e. The zero-order valence-corrected chi connectivity index (χ0v) is 14.4. The predicted molar refractivity (Wildman–Crippen MR) is 89.4 cm³/mol. The number of non-ortho nitro benzene ring substituents is 1. The van der Waals surface area contributed by atoms with Crippen LogP contribution >= 0.6 is 0 Å². The molecule has 2 rings (SSSR count). The second-order valence-corrected chi connectivity index (χ2v) is 5.36. The van der Waals surface area contributed by atoms with Crippen molar-refractivity contribution in [2.45, 2.75) is 12.3 Å². The fourth-order valence-electron chi connectivity index (χ4n) is 2.64. The first-order valence-corrected chi connectivity index (χ1v) is 7.54. The average Bonchev–Trinajstić information content (AvgIpc) is 2.66. The molecule has 0 aromatic heterocycles. The topological polar surface area (TPSA) is 155 Å². The lowest BCUT2D eigenvalue weighted by Crippen LogP contribution is -2.27. The van der Waals surface area contributed by atoms with Gasteiger partial charge in [0.2, 0.25) is 5.88 Å². The van der Waals surface area contributed by atoms with Crippen LogP contribution in [0.15, 0.2) is 47.1 Å². The molecule has 1 heterocycles. The van der Waals surface area contributed by atoms with Gasteiger partial charge in [-0.05, 0) is 5.56 Å². The van der Waals surface area contributed by atoms with Gasteiger partial charge in [0.05, 0.1) is 30.6 Å². The predicted octanol–water partition coefficient (Wildman–Crippen LogP) is 1.39. The average molecular weight is 373 g/mol. The van der Waals surface area contributed by atoms with Gasteiger partial charge in [0.15, 0.2) is 0 Å². The molecule has 0 unspecified atom stereocenters. The molecular formula is C17H15N3O7. The Hall–Kier alpha value is -3.87. The van der Waals surface area contributed by atoms with Crippen LogP contribution in [0.2, 0.25) is 0 Å². The summed E-state index contributed by atoms with van der Waals surface area (Å²) in [7, 11) is 2.27. The summed E-state index contributed by atoms with van der Waals surface area (Å²) in [5.74, 6) is -3.15. The Kier molecular flexibility index (Phi) is 5.77. The number of ether oxygens (including phenoxy) is 3. The molecule has 1 aliphatic heterocycles. The van der Waals surface area contributed by atoms with Gasteiger partial charge in [-0.25, -0.2) is 4.79 Å². The van der Waals surface area contributed by atoms with Gasteiger partial charge in [-0.15, -0.1) is 0 Å². The molecule has 140 valence electrons. The Morgan fingerprint density at radius 2 is 2.07 bits per heavy atom. The van der Waals surface area contributed by atoms with Crippen LogP contribution in [0, 0.1) is 21.4 Å². The van der Waals surface area contributed by atoms with Crippen molar-refractivity contribution in [3.63, 3.8) is 0 Å². The summed E-state index contributed by atoms with van der Waals surface area (Å²) in [5.41, 5.74) is 5.50. The molecule has 0 bridgehead atoms. The number of nitrogens with zero attached hydrogens (tertiary/aromatic N) is 2. The Bertz CT molecular complexity index is 911. The van der Waals surface area contributed by atoms with Gasteiger partial charge in [-0.3, -0.25) is 14.9 Å². The number of carbonyl (C=O) groups is 2. The number of nitriles is 1. The number of methoxy groups -OCH3 is 2. The summed E-state index contributed by atoms with van der Waals surface area (Å²) in [5, 5.41) is 20.6. The highest BCUT2D eigenvalue weighted by molar-refractivity contribution is 5.93. The molecule has 2 N–H and O–H groups in total. The lowest BCUT2D eigenvalue weighted by molar-refractivity contribution is -0.384. The zero-order chi connectivity index (χ0) is 20.1. The number of hydrogen-bond acceptors (Lipinski definition) is 9. The van der Waals surface area contributed by atoms with Crippen LogP contribution in [0.1, 0.15) is 17.9 Å². The molecule has 1 aliphatic rings. The number of hydrogen-bond donors (Lipinski definition) is 1. The van der Waals surface area contributed by atoms with E-state index in [2.05, 4.69) is 4.74 Å². The van der Waals surface area contributed by atoms with Gasteiger partial charge in [0, 0.05) is 12.1 Å². The number of esters is 2. The number of rotatable bonds is 5. The second-order valence-electron chi connectivity index (χ2n) is 5.36. The number of nitro groups is 1. The molecule has 1 aromatic carbocycles. The maximum Gasteiger partial charge on any atom is 0.338 e. The van der Waals surface area contributed by atoms with Gasteiger partial charge in [-0.2, -0.15) is 5.26 Å². The van der Waals surface area contributed by atoms with Crippen molar-refractivity contribution in [2.24, 2.45) is 5.73 Å². The molecule has 10 nitrogen and oxygen atoms in total. The van der Waals surface area contributed by atoms with Crippen molar-refractivity contribution in [1.82, 2.24) is 0 Å². The standard InChI is InChI=1S/C17H15N3O7/c1-25-13(21)7-12-15(17(22)26-2)14(11(8-18)16(19)27-12)9-4-3-5-10(6-9)20(23)24/h3-6,14H,7,19H2,1-2H3/t14-/m0/s1. The van der Waals surface area contributed by atoms with E-state index in [4.69, 9.17) is 15.2 Å². The van der Waals surface area contributed by atoms with E-state index in [1.165, 1.54) is 24.3 Å². The minimum absolute atomic E-state index is 0.135. The fourth-order valence-corrected chi connectivity index (χ4v) is 2.64. The lowest BCUT2D eigenvalue weighted by Gasteiger charge is -2.27. The zero-order valence-electron chi connectivity index (χ0n) is 14.4. The van der Waals surface area contributed by atoms with Crippen molar-refractivity contribution in [3.05, 3.63) is 62.7 Å². The maximum atomic E-state index is 12.4. The maximum absolute atomic E-state index is 12.4. The minimum atomic E-state index is -1.10. The lowest BCUT2D eigenvalue weighted by atomic mass is 9.82. The van der Waals surface area contributed by atoms with Gasteiger partial charge < -0.3 is 19.9 Å². The van der Waals surface area contributed by atoms with Crippen molar-refractivity contribution in [2.75, 3.05) is 14.2 Å². The molecule has 10 heteroatoms. The van der Waals surface area contributed by atoms with Crippen LogP contribution in [-0.4, -0.2) is 31.1 Å². The molecule has 0 amide bonds. The Balaban J connectivity index is 2.72. The van der Waals surface area contributed by atoms with Gasteiger partial charge in [0.1, 0.15) is 23.8 Å². The van der Waals surface area contributed by atoms with Crippen LogP contribution in [-0.2, 0) is 23.8 Å². The van der Waals surface area contributed by atoms with Crippen molar-refractivity contribution in [3.8, 4) is 6.07 Å². The molecule has 1 aromatic rings. The van der Waals surface area contributed by atoms with Crippen molar-refractivity contribution >= 4 is 17.6 Å². The SMILES string of the molecule is COC(=O)CC1=C(C(=O)OC)[C@@H](c2cccc([N+](=O)[O-])c2)C(C#N)=C(N)O1. The molecule has 0 fully saturated rings. The number of carbonyl (C=O) groups excluding carboxylic acids is 2. The third kappa shape index (κ3) is 3.87. The van der Waals surface area contributed by atoms with Crippen LogP contribution in [0.25, 0.3) is 0 Å². The van der Waals surface area contributed by atoms with E-state index in [-0.39, 0.29) is 34.0 Å². The molecule has 1 atom stereocenters. The van der Waals surface area contributed by atoms with Crippen molar-refractivity contribution < 1.29 is 28.7 Å². The van der Waals surface area contributed by atoms with Crippen LogP contribution < -0.4 is 5.73 Å². The summed E-state index contributed by atoms with van der Waals surface area (Å²) < 4.78 is 14.6. The Morgan fingerprint density at radius 1 is 1.37 bits per heavy atom. The van der Waals surface area contributed by atoms with Gasteiger partial charge in [-0.1, -0.05) is 12.1 Å². The monoisotopic (exact) mass is 373 g/mol. The number of nitrogens with two attached hydrogens (primary N) is 1. The molecule has 0 aliphatic carbocycles. The third-order valence-corrected chi connectivity index (χ3v) is 3.85. The van der Waals surface area contributed by atoms with E-state index < -0.39 is 29.2 Å². The molecule has 0 radical (unpaired) electrons. The first-order valence-electron chi connectivity index (χ1n) is 7.54. The van der Waals surface area contributed by atoms with Crippen LogP contribution in [0.3, 0.4) is 0 Å². The van der Waals surface area contributed by atoms with E-state index in [0.29, 0.717) is 0 Å². The van der Waals surface area contributed by atoms with Crippen LogP contribution in [0.5, 0.6) is 0 Å². The molecule has 0 spiro atoms. The van der Waals surface area contributed by atoms with E-state index in [0.717, 1.165) is 14.2 Å². The van der Waals surface area contributed by atoms with Crippen LogP contribution in [0.4, 0.5) is 5.69 Å². The second kappa shape index (κ2) is 8.01. The molecule has 0 saturated carbocycles. The smallest absolute Gasteiger partial charge is 0.338 e. The normalized spacial score (nSPS) is 16.3. The highest BCUT2D eigenvalue weighted by Crippen LogP contribution is 2.41. The van der Waals surface area contributed by atoms with E-state index in [1.54, 1.807) is 0 Å². The quantitative estimate of drug-likeness (QED) is 0.458. The number of nitro benzene ring substituents is 1. The van der Waals surface area contributed by atoms with E-state index >= 15 is 0 Å². The summed E-state index contributed by atoms with van der Waals surface area (Å²) in [6, 6.07) is 7.22. The Morgan fingerprint density at radius 3 is 2.63 bits per heavy atom. The fraction of sp³-hybridized carbons (Fsp3) is 0.235. The van der Waals surface area contributed by atoms with E-state index in [1.807, 2.05) is 6.07 Å². The Labute approximate surface area is 153 Å². The summed E-state index contributed by atoms with van der Waals surface area (Å²) in [4.78, 5) is 34.6. The molecule has 0 saturated heterocycles.